The molecule has 2 N–H and O–H groups in total. The molecule has 43 heavy (non-hydrogen) atoms. The van der Waals surface area contributed by atoms with Crippen LogP contribution in [0.1, 0.15) is 149 Å². The van der Waals surface area contributed by atoms with Gasteiger partial charge < -0.3 is 44.0 Å². The van der Waals surface area contributed by atoms with Gasteiger partial charge in [0.05, 0.1) is 41.3 Å². The maximum absolute atomic E-state index is 10.9. The van der Waals surface area contributed by atoms with Crippen LogP contribution in [0, 0.1) is 0 Å². The summed E-state index contributed by atoms with van der Waals surface area (Å²) in [5.74, 6) is 0. The minimum atomic E-state index is -0.352. The zero-order valence-corrected chi connectivity index (χ0v) is 31.8. The Morgan fingerprint density at radius 2 is 0.698 bits per heavy atom. The second-order valence-corrected chi connectivity index (χ2v) is 14.7. The van der Waals surface area contributed by atoms with Gasteiger partial charge in [-0.1, -0.05) is 124 Å². The fourth-order valence-corrected chi connectivity index (χ4v) is 6.42. The molecule has 0 spiro atoms. The predicted octanol–water partition coefficient (Wildman–Crippen LogP) is 2.03. The number of hydrogen-bond acceptors (Lipinski definition) is 3. The second-order valence-electron chi connectivity index (χ2n) is 14.7. The van der Waals surface area contributed by atoms with Crippen LogP contribution in [0.3, 0.4) is 0 Å². The van der Waals surface area contributed by atoms with Crippen molar-refractivity contribution in [1.29, 1.82) is 0 Å². The first-order chi connectivity index (χ1) is 19.5. The highest BCUT2D eigenvalue weighted by Crippen LogP contribution is 2.14. The van der Waals surface area contributed by atoms with E-state index in [2.05, 4.69) is 53.9 Å². The van der Waals surface area contributed by atoms with E-state index in [0.717, 1.165) is 41.7 Å². The zero-order chi connectivity index (χ0) is 30.8. The lowest BCUT2D eigenvalue weighted by Crippen LogP contribution is -3.00. The van der Waals surface area contributed by atoms with E-state index in [1.54, 1.807) is 0 Å². The van der Waals surface area contributed by atoms with Gasteiger partial charge in [-0.15, -0.1) is 0 Å². The highest BCUT2D eigenvalue weighted by Gasteiger charge is 2.25. The Hall–Kier alpha value is 0.380. The highest BCUT2D eigenvalue weighted by atomic mass is 35.5. The summed E-state index contributed by atoms with van der Waals surface area (Å²) in [6.07, 6.45) is 26.6. The molecule has 0 rings (SSSR count). The maximum atomic E-state index is 10.9. The van der Waals surface area contributed by atoms with Crippen molar-refractivity contribution in [3.63, 3.8) is 0 Å². The number of quaternary nitrogens is 2. The van der Waals surface area contributed by atoms with Gasteiger partial charge in [-0.25, -0.2) is 0 Å². The third-order valence-electron chi connectivity index (χ3n) is 9.03. The summed E-state index contributed by atoms with van der Waals surface area (Å²) in [5, 5.41) is 21.8. The molecule has 0 saturated carbocycles. The highest BCUT2D eigenvalue weighted by molar-refractivity contribution is 4.68. The van der Waals surface area contributed by atoms with E-state index in [9.17, 15) is 10.2 Å². The van der Waals surface area contributed by atoms with Gasteiger partial charge in [-0.2, -0.15) is 0 Å². The van der Waals surface area contributed by atoms with E-state index in [1.807, 2.05) is 0 Å². The van der Waals surface area contributed by atoms with Crippen LogP contribution >= 0.6 is 0 Å². The van der Waals surface area contributed by atoms with Crippen molar-refractivity contribution >= 4 is 0 Å². The van der Waals surface area contributed by atoms with E-state index in [4.69, 9.17) is 0 Å². The lowest BCUT2D eigenvalue weighted by Gasteiger charge is -2.35. The van der Waals surface area contributed by atoms with Crippen LogP contribution in [-0.4, -0.2) is 110 Å². The summed E-state index contributed by atoms with van der Waals surface area (Å²) >= 11 is 0. The van der Waals surface area contributed by atoms with Crippen LogP contribution in [0.5, 0.6) is 0 Å². The fraction of sp³-hybridized carbons (Fsp3) is 1.00. The minimum absolute atomic E-state index is 0. The summed E-state index contributed by atoms with van der Waals surface area (Å²) < 4.78 is 1.75. The van der Waals surface area contributed by atoms with E-state index >= 15 is 0 Å². The number of rotatable bonds is 31. The van der Waals surface area contributed by atoms with Gasteiger partial charge in [0.25, 0.3) is 0 Å². The molecule has 0 radical (unpaired) electrons. The van der Waals surface area contributed by atoms with Crippen molar-refractivity contribution in [2.45, 2.75) is 161 Å². The second kappa shape index (κ2) is 31.0. The van der Waals surface area contributed by atoms with Gasteiger partial charge in [0.1, 0.15) is 25.3 Å². The number of likely N-dealkylation sites (N-methyl/N-ethyl adjacent to an activating group) is 3. The smallest absolute Gasteiger partial charge is 0.115 e. The summed E-state index contributed by atoms with van der Waals surface area (Å²) in [6, 6.07) is 0. The Balaban J connectivity index is -0.00000800. The van der Waals surface area contributed by atoms with Crippen LogP contribution in [0.25, 0.3) is 0 Å². The van der Waals surface area contributed by atoms with Crippen molar-refractivity contribution in [2.24, 2.45) is 0 Å². The summed E-state index contributed by atoms with van der Waals surface area (Å²) in [6.45, 7) is 12.7. The van der Waals surface area contributed by atoms with E-state index in [-0.39, 0.29) is 37.0 Å². The van der Waals surface area contributed by atoms with E-state index in [0.29, 0.717) is 13.1 Å². The quantitative estimate of drug-likeness (QED) is 0.0888. The molecule has 0 amide bonds. The topological polar surface area (TPSA) is 43.7 Å². The normalized spacial score (nSPS) is 13.5. The number of aliphatic hydroxyl groups is 2. The molecule has 0 fully saturated rings. The number of unbranched alkanes of at least 4 members (excludes halogenated alkanes) is 18. The Morgan fingerprint density at radius 3 is 0.953 bits per heavy atom. The molecule has 2 unspecified atom stereocenters. The molecule has 0 aliphatic carbocycles. The molecule has 0 saturated heterocycles. The SMILES string of the molecule is CCCCCCCCCCCC[N+](C)(C)CC(O)CN(CC)CC(O)C[N+](C)(C)CCCCCCCCCCCC.[Cl-].[Cl-]. The lowest BCUT2D eigenvalue weighted by molar-refractivity contribution is -0.893. The zero-order valence-electron chi connectivity index (χ0n) is 30.2. The van der Waals surface area contributed by atoms with E-state index < -0.39 is 0 Å². The van der Waals surface area contributed by atoms with Crippen molar-refractivity contribution in [3.05, 3.63) is 0 Å². The molecule has 0 aromatic heterocycles. The van der Waals surface area contributed by atoms with Gasteiger partial charge in [0.2, 0.25) is 0 Å². The molecular weight excluding hydrogens is 577 g/mol. The number of nitrogens with zero attached hydrogens (tertiary/aromatic N) is 3. The van der Waals surface area contributed by atoms with Crippen molar-refractivity contribution in [1.82, 2.24) is 4.90 Å². The molecule has 0 aromatic rings. The molecule has 264 valence electrons. The molecule has 5 nitrogen and oxygen atoms in total. The summed E-state index contributed by atoms with van der Waals surface area (Å²) in [5.41, 5.74) is 0. The van der Waals surface area contributed by atoms with Crippen LogP contribution < -0.4 is 24.8 Å². The Bertz CT molecular complexity index is 521. The number of aliphatic hydroxyl groups excluding tert-OH is 2. The monoisotopic (exact) mass is 656 g/mol. The fourth-order valence-electron chi connectivity index (χ4n) is 6.42. The standard InChI is InChI=1S/C36H79N3O2.2ClH/c1-8-11-13-15-17-19-21-23-25-27-29-38(4,5)33-35(40)31-37(10-3)32-36(41)34-39(6,7)30-28-26-24-22-20-18-16-14-12-9-2;;/h35-36,40-41H,8-34H2,1-7H3;2*1H/q+2;;/p-2. The first-order valence-electron chi connectivity index (χ1n) is 18.3. The minimum Gasteiger partial charge on any atom is -1.00 e. The van der Waals surface area contributed by atoms with Gasteiger partial charge in [0, 0.05) is 13.1 Å². The maximum Gasteiger partial charge on any atom is 0.115 e. The van der Waals surface area contributed by atoms with E-state index in [1.165, 1.54) is 128 Å². The van der Waals surface area contributed by atoms with Crippen LogP contribution in [0.15, 0.2) is 0 Å². The third kappa shape index (κ3) is 32.1. The average molecular weight is 657 g/mol. The molecule has 0 aromatic carbocycles. The lowest BCUT2D eigenvalue weighted by atomic mass is 10.1. The molecule has 0 aliphatic rings. The summed E-state index contributed by atoms with van der Waals surface area (Å²) in [4.78, 5) is 2.25. The number of hydrogen-bond donors (Lipinski definition) is 2. The molecule has 0 heterocycles. The first-order valence-corrected chi connectivity index (χ1v) is 18.3. The average Bonchev–Trinajstić information content (AvgIpc) is 2.89. The molecule has 7 heteroatoms. The van der Waals surface area contributed by atoms with Crippen molar-refractivity contribution in [3.8, 4) is 0 Å². The molecule has 0 aliphatic heterocycles. The van der Waals surface area contributed by atoms with Crippen LogP contribution in [-0.2, 0) is 0 Å². The first kappa shape index (κ1) is 47.8. The summed E-state index contributed by atoms with van der Waals surface area (Å²) in [7, 11) is 9.04. The largest absolute Gasteiger partial charge is 1.00 e. The van der Waals surface area contributed by atoms with Gasteiger partial charge in [-0.05, 0) is 32.2 Å². The van der Waals surface area contributed by atoms with Crippen LogP contribution in [0.4, 0.5) is 0 Å². The Labute approximate surface area is 283 Å². The molecule has 2 atom stereocenters. The van der Waals surface area contributed by atoms with Crippen molar-refractivity contribution < 1.29 is 44.0 Å². The molecule has 0 bridgehead atoms. The van der Waals surface area contributed by atoms with Gasteiger partial charge >= 0.3 is 0 Å². The van der Waals surface area contributed by atoms with Gasteiger partial charge in [0.15, 0.2) is 0 Å². The van der Waals surface area contributed by atoms with Crippen molar-refractivity contribution in [2.75, 3.05) is 74.0 Å². The van der Waals surface area contributed by atoms with Crippen LogP contribution in [0.2, 0.25) is 0 Å². The number of halogens is 2. The molecular formula is C36H79Cl2N3O2. The predicted molar refractivity (Wildman–Crippen MR) is 182 cm³/mol. The Kier molecular flexibility index (Phi) is 34.5. The Morgan fingerprint density at radius 1 is 0.442 bits per heavy atom. The third-order valence-corrected chi connectivity index (χ3v) is 9.03. The van der Waals surface area contributed by atoms with Gasteiger partial charge in [-0.3, -0.25) is 4.90 Å².